The van der Waals surface area contributed by atoms with Crippen LogP contribution in [-0.4, -0.2) is 54.9 Å². The number of hydrogen-bond donors (Lipinski definition) is 3. The molecule has 0 aromatic carbocycles. The summed E-state index contributed by atoms with van der Waals surface area (Å²) in [6.07, 6.45) is 1.19. The summed E-state index contributed by atoms with van der Waals surface area (Å²) in [6, 6.07) is -1.10. The lowest BCUT2D eigenvalue weighted by atomic mass is 10.2. The summed E-state index contributed by atoms with van der Waals surface area (Å²) in [6.45, 7) is -0.482. The van der Waals surface area contributed by atoms with Crippen LogP contribution < -0.4 is 5.32 Å². The third-order valence-electron chi connectivity index (χ3n) is 1.75. The molecule has 0 aliphatic heterocycles. The van der Waals surface area contributed by atoms with Gasteiger partial charge in [0.15, 0.2) is 0 Å². The molecule has 0 bridgehead atoms. The van der Waals surface area contributed by atoms with E-state index in [1.807, 2.05) is 0 Å². The Morgan fingerprint density at radius 2 is 2.25 bits per heavy atom. The van der Waals surface area contributed by atoms with Crippen LogP contribution in [0.25, 0.3) is 0 Å². The zero-order valence-electron chi connectivity index (χ0n) is 8.28. The van der Waals surface area contributed by atoms with E-state index in [1.165, 1.54) is 6.33 Å². The van der Waals surface area contributed by atoms with Crippen LogP contribution in [0.2, 0.25) is 0 Å². The monoisotopic (exact) mass is 229 g/mol. The number of hydrogen-bond acceptors (Lipinski definition) is 6. The summed E-state index contributed by atoms with van der Waals surface area (Å²) in [5.41, 5.74) is 0. The van der Waals surface area contributed by atoms with Crippen LogP contribution in [0.3, 0.4) is 0 Å². The highest BCUT2D eigenvalue weighted by molar-refractivity contribution is 5.83. The second-order valence-electron chi connectivity index (χ2n) is 2.98. The first-order valence-electron chi connectivity index (χ1n) is 4.47. The fourth-order valence-corrected chi connectivity index (χ4v) is 1.03. The topological polar surface area (TPSA) is 130 Å². The summed E-state index contributed by atoms with van der Waals surface area (Å²) in [4.78, 5) is 22.0. The Morgan fingerprint density at radius 1 is 1.50 bits per heavy atom. The maximum absolute atomic E-state index is 11.3. The first-order chi connectivity index (χ1) is 7.63. The van der Waals surface area contributed by atoms with Gasteiger partial charge in [-0.2, -0.15) is 0 Å². The lowest BCUT2D eigenvalue weighted by Crippen LogP contribution is -2.42. The van der Waals surface area contributed by atoms with E-state index in [0.717, 1.165) is 4.68 Å². The minimum absolute atomic E-state index is 0.0450. The maximum atomic E-state index is 11.3. The fourth-order valence-electron chi connectivity index (χ4n) is 1.03. The molecule has 0 saturated heterocycles. The number of carboxylic acids is 1. The first kappa shape index (κ1) is 12.0. The van der Waals surface area contributed by atoms with Gasteiger partial charge in [0.05, 0.1) is 0 Å². The number of aliphatic carboxylic acids is 1. The van der Waals surface area contributed by atoms with Gasteiger partial charge in [0.1, 0.15) is 18.9 Å². The maximum Gasteiger partial charge on any atom is 0.326 e. The van der Waals surface area contributed by atoms with E-state index in [1.54, 1.807) is 0 Å². The Balaban J connectivity index is 2.45. The number of carboxylic acid groups (broad SMARTS) is 1. The molecule has 0 aliphatic carbocycles. The molecule has 1 amide bonds. The zero-order valence-corrected chi connectivity index (χ0v) is 8.28. The molecule has 88 valence electrons. The summed E-state index contributed by atoms with van der Waals surface area (Å²) >= 11 is 0. The number of nitrogens with one attached hydrogen (secondary N) is 1. The van der Waals surface area contributed by atoms with Crippen molar-refractivity contribution in [3.63, 3.8) is 0 Å². The van der Waals surface area contributed by atoms with Crippen molar-refractivity contribution in [3.8, 4) is 0 Å². The predicted molar refractivity (Wildman–Crippen MR) is 49.1 cm³/mol. The van der Waals surface area contributed by atoms with Gasteiger partial charge >= 0.3 is 5.97 Å². The van der Waals surface area contributed by atoms with Gasteiger partial charge in [-0.3, -0.25) is 4.79 Å². The zero-order chi connectivity index (χ0) is 12.0. The standard InChI is InChI=1S/C7H11N5O4/c13-2-1-5(7(15)16)9-6(14)3-12-4-8-10-11-12/h4-5,13H,1-3H2,(H,9,14)(H,15,16). The van der Waals surface area contributed by atoms with E-state index in [4.69, 9.17) is 10.2 Å². The number of tetrazole rings is 1. The number of aliphatic hydroxyl groups is 1. The molecule has 9 heteroatoms. The van der Waals surface area contributed by atoms with Crippen LogP contribution in [0, 0.1) is 0 Å². The molecule has 0 fully saturated rings. The van der Waals surface area contributed by atoms with Gasteiger partial charge in [-0.25, -0.2) is 9.48 Å². The minimum atomic E-state index is -1.20. The van der Waals surface area contributed by atoms with Gasteiger partial charge < -0.3 is 15.5 Å². The molecule has 0 aliphatic rings. The molecular weight excluding hydrogens is 218 g/mol. The van der Waals surface area contributed by atoms with Crippen LogP contribution in [0.5, 0.6) is 0 Å². The van der Waals surface area contributed by atoms with E-state index < -0.39 is 17.9 Å². The number of nitrogens with zero attached hydrogens (tertiary/aromatic N) is 4. The second kappa shape index (κ2) is 5.75. The molecule has 1 heterocycles. The SMILES string of the molecule is O=C(Cn1cnnn1)NC(CCO)C(=O)O. The molecule has 3 N–H and O–H groups in total. The average Bonchev–Trinajstić information content (AvgIpc) is 2.69. The number of amides is 1. The quantitative estimate of drug-likeness (QED) is 0.496. The van der Waals surface area contributed by atoms with Crippen molar-refractivity contribution < 1.29 is 19.8 Å². The average molecular weight is 229 g/mol. The van der Waals surface area contributed by atoms with Crippen molar-refractivity contribution in [2.24, 2.45) is 0 Å². The molecule has 0 saturated carbocycles. The Hall–Kier alpha value is -2.03. The van der Waals surface area contributed by atoms with E-state index in [9.17, 15) is 9.59 Å². The van der Waals surface area contributed by atoms with Gasteiger partial charge in [0.25, 0.3) is 0 Å². The molecule has 1 aromatic heterocycles. The van der Waals surface area contributed by atoms with Crippen molar-refractivity contribution in [2.45, 2.75) is 19.0 Å². The Morgan fingerprint density at radius 3 is 2.75 bits per heavy atom. The molecule has 1 aromatic rings. The molecule has 1 atom stereocenters. The molecule has 1 unspecified atom stereocenters. The summed E-state index contributed by atoms with van der Waals surface area (Å²) in [7, 11) is 0. The highest BCUT2D eigenvalue weighted by Gasteiger charge is 2.19. The minimum Gasteiger partial charge on any atom is -0.480 e. The van der Waals surface area contributed by atoms with Gasteiger partial charge in [-0.05, 0) is 10.4 Å². The Kier molecular flexibility index (Phi) is 4.33. The Bertz CT molecular complexity index is 352. The normalized spacial score (nSPS) is 12.1. The first-order valence-corrected chi connectivity index (χ1v) is 4.47. The number of rotatable bonds is 6. The molecule has 0 spiro atoms. The number of carbonyl (C=O) groups excluding carboxylic acids is 1. The summed E-state index contributed by atoms with van der Waals surface area (Å²) in [5, 5.41) is 29.6. The van der Waals surface area contributed by atoms with Crippen molar-refractivity contribution in [2.75, 3.05) is 6.61 Å². The lowest BCUT2D eigenvalue weighted by molar-refractivity contribution is -0.142. The number of carbonyl (C=O) groups is 2. The van der Waals surface area contributed by atoms with E-state index in [2.05, 4.69) is 20.8 Å². The third kappa shape index (κ3) is 3.61. The highest BCUT2D eigenvalue weighted by atomic mass is 16.4. The van der Waals surface area contributed by atoms with Crippen LogP contribution in [-0.2, 0) is 16.1 Å². The van der Waals surface area contributed by atoms with Crippen molar-refractivity contribution in [1.29, 1.82) is 0 Å². The van der Waals surface area contributed by atoms with Gasteiger partial charge in [-0.15, -0.1) is 5.10 Å². The van der Waals surface area contributed by atoms with Crippen molar-refractivity contribution in [1.82, 2.24) is 25.5 Å². The molecular formula is C7H11N5O4. The van der Waals surface area contributed by atoms with Gasteiger partial charge in [0.2, 0.25) is 5.91 Å². The second-order valence-corrected chi connectivity index (χ2v) is 2.98. The molecule has 0 radical (unpaired) electrons. The number of aromatic nitrogens is 4. The van der Waals surface area contributed by atoms with Gasteiger partial charge in [0, 0.05) is 13.0 Å². The summed E-state index contributed by atoms with van der Waals surface area (Å²) in [5.74, 6) is -1.73. The third-order valence-corrected chi connectivity index (χ3v) is 1.75. The van der Waals surface area contributed by atoms with Crippen LogP contribution in [0.15, 0.2) is 6.33 Å². The fraction of sp³-hybridized carbons (Fsp3) is 0.571. The largest absolute Gasteiger partial charge is 0.480 e. The van der Waals surface area contributed by atoms with E-state index in [0.29, 0.717) is 0 Å². The molecule has 1 rings (SSSR count). The molecule has 16 heavy (non-hydrogen) atoms. The van der Waals surface area contributed by atoms with Crippen LogP contribution in [0.4, 0.5) is 0 Å². The highest BCUT2D eigenvalue weighted by Crippen LogP contribution is 1.92. The smallest absolute Gasteiger partial charge is 0.326 e. The predicted octanol–water partition coefficient (Wildman–Crippen LogP) is -2.38. The van der Waals surface area contributed by atoms with Crippen LogP contribution in [0.1, 0.15) is 6.42 Å². The van der Waals surface area contributed by atoms with Crippen molar-refractivity contribution >= 4 is 11.9 Å². The van der Waals surface area contributed by atoms with Crippen LogP contribution >= 0.6 is 0 Å². The van der Waals surface area contributed by atoms with E-state index in [-0.39, 0.29) is 19.6 Å². The van der Waals surface area contributed by atoms with Crippen molar-refractivity contribution in [3.05, 3.63) is 6.33 Å². The Labute approximate surface area is 90.1 Å². The number of aliphatic hydroxyl groups excluding tert-OH is 1. The lowest BCUT2D eigenvalue weighted by Gasteiger charge is -2.12. The van der Waals surface area contributed by atoms with Gasteiger partial charge in [-0.1, -0.05) is 0 Å². The van der Waals surface area contributed by atoms with E-state index >= 15 is 0 Å². The summed E-state index contributed by atoms with van der Waals surface area (Å²) < 4.78 is 1.16. The molecule has 9 nitrogen and oxygen atoms in total.